The number of non-ortho nitro benzene ring substituents is 1. The Kier molecular flexibility index (Phi) is 5.08. The number of carbonyl (C=O) groups is 1. The second-order valence-electron chi connectivity index (χ2n) is 6.97. The predicted molar refractivity (Wildman–Crippen MR) is 105 cm³/mol. The van der Waals surface area contributed by atoms with Gasteiger partial charge in [0.15, 0.2) is 0 Å². The zero-order valence-electron chi connectivity index (χ0n) is 15.3. The number of rotatable bonds is 5. The molecule has 1 saturated heterocycles. The summed E-state index contributed by atoms with van der Waals surface area (Å²) in [6, 6.07) is 16.5. The van der Waals surface area contributed by atoms with E-state index in [9.17, 15) is 14.9 Å². The van der Waals surface area contributed by atoms with E-state index in [0.717, 1.165) is 18.4 Å². The molecule has 0 saturated carbocycles. The average molecular weight is 379 g/mol. The van der Waals surface area contributed by atoms with E-state index in [1.165, 1.54) is 6.07 Å². The maximum atomic E-state index is 12.8. The summed E-state index contributed by atoms with van der Waals surface area (Å²) in [7, 11) is 0. The van der Waals surface area contributed by atoms with Gasteiger partial charge in [-0.2, -0.15) is 0 Å². The van der Waals surface area contributed by atoms with Gasteiger partial charge in [0, 0.05) is 24.5 Å². The molecular weight excluding hydrogens is 358 g/mol. The van der Waals surface area contributed by atoms with Gasteiger partial charge in [0.2, 0.25) is 0 Å². The molecule has 0 atom stereocenters. The summed E-state index contributed by atoms with van der Waals surface area (Å²) in [6.45, 7) is 1.79. The van der Waals surface area contributed by atoms with Gasteiger partial charge in [-0.05, 0) is 24.5 Å². The number of nitro benzene ring substituents is 1. The maximum Gasteiger partial charge on any atom is 0.293 e. The second kappa shape index (κ2) is 7.82. The Morgan fingerprint density at radius 2 is 1.89 bits per heavy atom. The molecule has 2 heterocycles. The van der Waals surface area contributed by atoms with Crippen molar-refractivity contribution in [3.8, 4) is 0 Å². The Morgan fingerprint density at radius 3 is 2.61 bits per heavy atom. The Hall–Kier alpha value is -3.19. The topological polar surface area (TPSA) is 88.5 Å². The number of H-pyrrole nitrogens is 1. The molecule has 0 bridgehead atoms. The number of benzene rings is 2. The third kappa shape index (κ3) is 3.75. The lowest BCUT2D eigenvalue weighted by Crippen LogP contribution is -2.41. The molecule has 4 rings (SSSR count). The Bertz CT molecular complexity index is 991. The van der Waals surface area contributed by atoms with E-state index in [2.05, 4.69) is 4.98 Å². The monoisotopic (exact) mass is 379 g/mol. The van der Waals surface area contributed by atoms with Crippen LogP contribution < -0.4 is 0 Å². The van der Waals surface area contributed by atoms with E-state index in [0.29, 0.717) is 36.3 Å². The second-order valence-corrected chi connectivity index (χ2v) is 6.97. The van der Waals surface area contributed by atoms with Gasteiger partial charge in [0.25, 0.3) is 11.6 Å². The van der Waals surface area contributed by atoms with Crippen molar-refractivity contribution in [2.75, 3.05) is 13.1 Å². The highest BCUT2D eigenvalue weighted by Crippen LogP contribution is 2.26. The van der Waals surface area contributed by atoms with Crippen molar-refractivity contribution in [2.24, 2.45) is 0 Å². The molecule has 144 valence electrons. The molecule has 7 nitrogen and oxygen atoms in total. The molecule has 1 aliphatic heterocycles. The predicted octanol–water partition coefficient (Wildman–Crippen LogP) is 3.90. The van der Waals surface area contributed by atoms with Crippen LogP contribution in [0, 0.1) is 10.1 Å². The van der Waals surface area contributed by atoms with Crippen molar-refractivity contribution in [1.29, 1.82) is 0 Å². The summed E-state index contributed by atoms with van der Waals surface area (Å²) >= 11 is 0. The summed E-state index contributed by atoms with van der Waals surface area (Å²) in [5, 5.41) is 11.8. The molecule has 2 aromatic carbocycles. The number of para-hydroxylation sites is 1. The van der Waals surface area contributed by atoms with E-state index in [4.69, 9.17) is 4.74 Å². The van der Waals surface area contributed by atoms with Crippen LogP contribution in [0.1, 0.15) is 28.9 Å². The smallest absolute Gasteiger partial charge is 0.293 e. The SMILES string of the molecule is O=C(c1cc2cccc([N+](=O)[O-])c2[nH]1)N1CCC(OCc2ccccc2)CC1. The van der Waals surface area contributed by atoms with Gasteiger partial charge in [0.1, 0.15) is 11.2 Å². The molecule has 0 aliphatic carbocycles. The quantitative estimate of drug-likeness (QED) is 0.538. The Morgan fingerprint density at radius 1 is 1.14 bits per heavy atom. The van der Waals surface area contributed by atoms with Crippen molar-refractivity contribution in [2.45, 2.75) is 25.6 Å². The van der Waals surface area contributed by atoms with E-state index >= 15 is 0 Å². The largest absolute Gasteiger partial charge is 0.373 e. The molecule has 28 heavy (non-hydrogen) atoms. The first-order valence-electron chi connectivity index (χ1n) is 9.33. The fourth-order valence-corrected chi connectivity index (χ4v) is 3.59. The van der Waals surface area contributed by atoms with Gasteiger partial charge in [-0.1, -0.05) is 42.5 Å². The molecule has 1 aromatic heterocycles. The van der Waals surface area contributed by atoms with Gasteiger partial charge in [-0.25, -0.2) is 0 Å². The van der Waals surface area contributed by atoms with E-state index in [-0.39, 0.29) is 17.7 Å². The Balaban J connectivity index is 1.38. The lowest BCUT2D eigenvalue weighted by atomic mass is 10.1. The van der Waals surface area contributed by atoms with Crippen LogP contribution in [0.15, 0.2) is 54.6 Å². The number of hydrogen-bond donors (Lipinski definition) is 1. The van der Waals surface area contributed by atoms with Crippen LogP contribution in [-0.2, 0) is 11.3 Å². The van der Waals surface area contributed by atoms with Crippen LogP contribution in [0.4, 0.5) is 5.69 Å². The standard InChI is InChI=1S/C21H21N3O4/c25-21(18-13-16-7-4-8-19(24(26)27)20(16)22-18)23-11-9-17(10-12-23)28-14-15-5-2-1-3-6-15/h1-8,13,17,22H,9-12,14H2. The lowest BCUT2D eigenvalue weighted by Gasteiger charge is -2.31. The first-order chi connectivity index (χ1) is 13.6. The molecule has 0 spiro atoms. The first-order valence-corrected chi connectivity index (χ1v) is 9.33. The van der Waals surface area contributed by atoms with Crippen molar-refractivity contribution in [3.05, 3.63) is 76.0 Å². The van der Waals surface area contributed by atoms with Crippen molar-refractivity contribution in [3.63, 3.8) is 0 Å². The van der Waals surface area contributed by atoms with E-state index in [1.807, 2.05) is 30.3 Å². The number of nitrogens with zero attached hydrogens (tertiary/aromatic N) is 2. The van der Waals surface area contributed by atoms with E-state index in [1.54, 1.807) is 23.1 Å². The number of fused-ring (bicyclic) bond motifs is 1. The van der Waals surface area contributed by atoms with Crippen LogP contribution >= 0.6 is 0 Å². The number of piperidine rings is 1. The molecule has 1 amide bonds. The number of aromatic nitrogens is 1. The number of carbonyl (C=O) groups excluding carboxylic acids is 1. The zero-order valence-corrected chi connectivity index (χ0v) is 15.3. The minimum Gasteiger partial charge on any atom is -0.373 e. The molecule has 7 heteroatoms. The van der Waals surface area contributed by atoms with Gasteiger partial charge < -0.3 is 14.6 Å². The van der Waals surface area contributed by atoms with Crippen LogP contribution in [0.2, 0.25) is 0 Å². The van der Waals surface area contributed by atoms with Gasteiger partial charge >= 0.3 is 0 Å². The summed E-state index contributed by atoms with van der Waals surface area (Å²) in [6.07, 6.45) is 1.69. The van der Waals surface area contributed by atoms with Crippen LogP contribution in [0.5, 0.6) is 0 Å². The van der Waals surface area contributed by atoms with Crippen molar-refractivity contribution < 1.29 is 14.5 Å². The normalized spacial score (nSPS) is 15.1. The van der Waals surface area contributed by atoms with Crippen molar-refractivity contribution >= 4 is 22.5 Å². The van der Waals surface area contributed by atoms with Gasteiger partial charge in [-0.3, -0.25) is 14.9 Å². The molecule has 0 unspecified atom stereocenters. The fraction of sp³-hybridized carbons (Fsp3) is 0.286. The maximum absolute atomic E-state index is 12.8. The van der Waals surface area contributed by atoms with Crippen LogP contribution in [0.25, 0.3) is 10.9 Å². The van der Waals surface area contributed by atoms with Crippen molar-refractivity contribution in [1.82, 2.24) is 9.88 Å². The summed E-state index contributed by atoms with van der Waals surface area (Å²) in [5.74, 6) is -0.132. The minimum absolute atomic E-state index is 0.0235. The third-order valence-electron chi connectivity index (χ3n) is 5.12. The van der Waals surface area contributed by atoms with Gasteiger partial charge in [0.05, 0.1) is 17.6 Å². The first kappa shape index (κ1) is 18.2. The molecule has 1 fully saturated rings. The number of likely N-dealkylation sites (tertiary alicyclic amines) is 1. The molecule has 0 radical (unpaired) electrons. The highest BCUT2D eigenvalue weighted by atomic mass is 16.6. The van der Waals surface area contributed by atoms with E-state index < -0.39 is 4.92 Å². The summed E-state index contributed by atoms with van der Waals surface area (Å²) < 4.78 is 5.97. The highest BCUT2D eigenvalue weighted by Gasteiger charge is 2.26. The fourth-order valence-electron chi connectivity index (χ4n) is 3.59. The summed E-state index contributed by atoms with van der Waals surface area (Å²) in [5.41, 5.74) is 1.88. The number of amides is 1. The Labute approximate surface area is 162 Å². The minimum atomic E-state index is -0.442. The van der Waals surface area contributed by atoms with Crippen LogP contribution in [-0.4, -0.2) is 39.9 Å². The number of aromatic amines is 1. The average Bonchev–Trinajstić information content (AvgIpc) is 3.17. The highest BCUT2D eigenvalue weighted by molar-refractivity contribution is 6.00. The lowest BCUT2D eigenvalue weighted by molar-refractivity contribution is -0.383. The van der Waals surface area contributed by atoms with Crippen LogP contribution in [0.3, 0.4) is 0 Å². The zero-order chi connectivity index (χ0) is 19.5. The number of hydrogen-bond acceptors (Lipinski definition) is 4. The van der Waals surface area contributed by atoms with Gasteiger partial charge in [-0.15, -0.1) is 0 Å². The molecular formula is C21H21N3O4. The third-order valence-corrected chi connectivity index (χ3v) is 5.12. The molecule has 1 aliphatic rings. The molecule has 3 aromatic rings. The summed E-state index contributed by atoms with van der Waals surface area (Å²) in [4.78, 5) is 28.3. The number of nitrogens with one attached hydrogen (secondary N) is 1. The number of ether oxygens (including phenoxy) is 1. The molecule has 1 N–H and O–H groups in total. The number of nitro groups is 1.